The highest BCUT2D eigenvalue weighted by Gasteiger charge is 2.52. The lowest BCUT2D eigenvalue weighted by Gasteiger charge is -2.55. The van der Waals surface area contributed by atoms with Gasteiger partial charge in [0.25, 0.3) is 0 Å². The predicted molar refractivity (Wildman–Crippen MR) is 111 cm³/mol. The molecule has 6 aliphatic rings. The van der Waals surface area contributed by atoms with Gasteiger partial charge in [-0.3, -0.25) is 0 Å². The number of nitrogens with one attached hydrogen (secondary N) is 1. The Bertz CT molecular complexity index is 824. The lowest BCUT2D eigenvalue weighted by molar-refractivity contribution is -0.0492. The molecular formula is C24H31N3O. The van der Waals surface area contributed by atoms with Crippen LogP contribution in [0.5, 0.6) is 0 Å². The molecule has 28 heavy (non-hydrogen) atoms. The van der Waals surface area contributed by atoms with E-state index in [2.05, 4.69) is 11.4 Å². The molecule has 0 aromatic heterocycles. The summed E-state index contributed by atoms with van der Waals surface area (Å²) in [4.78, 5) is 13.4. The molecule has 4 heteroatoms. The van der Waals surface area contributed by atoms with E-state index < -0.39 is 0 Å². The molecule has 1 N–H and O–H groups in total. The van der Waals surface area contributed by atoms with Crippen LogP contribution in [0, 0.1) is 29.6 Å². The molecule has 0 saturated heterocycles. The van der Waals surface area contributed by atoms with E-state index in [1.165, 1.54) is 32.1 Å². The summed E-state index contributed by atoms with van der Waals surface area (Å²) in [6, 6.07) is 8.25. The number of carbonyl (C=O) groups is 1. The van der Waals surface area contributed by atoms with Gasteiger partial charge in [-0.2, -0.15) is 5.10 Å². The number of rotatable bonds is 2. The Labute approximate surface area is 169 Å². The quantitative estimate of drug-likeness (QED) is 0.711. The third-order valence-electron chi connectivity index (χ3n) is 8.10. The molecule has 4 bridgehead atoms. The summed E-state index contributed by atoms with van der Waals surface area (Å²) in [5.41, 5.74) is 2.86. The van der Waals surface area contributed by atoms with Crippen LogP contribution in [0.1, 0.15) is 71.1 Å². The fourth-order valence-corrected chi connectivity index (χ4v) is 7.17. The second kappa shape index (κ2) is 6.60. The van der Waals surface area contributed by atoms with Crippen LogP contribution >= 0.6 is 0 Å². The SMILES string of the molecule is [2H]C1CCCCC1C1=NN(C2C3CC4CC(C3)CC2C4)C(=O)Nc2ccccc21. The number of hydrogen-bond donors (Lipinski definition) is 1. The van der Waals surface area contributed by atoms with Crippen LogP contribution in [0.25, 0.3) is 0 Å². The number of carbonyl (C=O) groups excluding carboxylic acids is 1. The minimum absolute atomic E-state index is 0.0673. The highest BCUT2D eigenvalue weighted by atomic mass is 16.2. The van der Waals surface area contributed by atoms with Crippen molar-refractivity contribution in [1.29, 1.82) is 0 Å². The highest BCUT2D eigenvalue weighted by Crippen LogP contribution is 2.55. The van der Waals surface area contributed by atoms with Gasteiger partial charge in [-0.15, -0.1) is 0 Å². The van der Waals surface area contributed by atoms with Crippen LogP contribution in [0.3, 0.4) is 0 Å². The van der Waals surface area contributed by atoms with Crippen molar-refractivity contribution in [1.82, 2.24) is 5.01 Å². The lowest BCUT2D eigenvalue weighted by Crippen LogP contribution is -2.56. The zero-order valence-corrected chi connectivity index (χ0v) is 16.5. The topological polar surface area (TPSA) is 44.7 Å². The molecule has 2 atom stereocenters. The third-order valence-corrected chi connectivity index (χ3v) is 8.10. The average Bonchev–Trinajstić information content (AvgIpc) is 2.84. The number of fused-ring (bicyclic) bond motifs is 1. The zero-order chi connectivity index (χ0) is 19.5. The van der Waals surface area contributed by atoms with E-state index >= 15 is 0 Å². The molecule has 1 aromatic carbocycles. The van der Waals surface area contributed by atoms with E-state index in [9.17, 15) is 4.79 Å². The van der Waals surface area contributed by atoms with Gasteiger partial charge in [-0.1, -0.05) is 37.5 Å². The molecule has 2 unspecified atom stereocenters. The summed E-state index contributed by atoms with van der Waals surface area (Å²) in [6.07, 6.45) is 10.6. The van der Waals surface area contributed by atoms with Crippen LogP contribution in [0.2, 0.25) is 0 Å². The van der Waals surface area contributed by atoms with E-state index in [0.717, 1.165) is 54.5 Å². The zero-order valence-electron chi connectivity index (χ0n) is 17.5. The number of urea groups is 1. The molecule has 0 radical (unpaired) electrons. The Hall–Kier alpha value is -1.84. The van der Waals surface area contributed by atoms with E-state index in [1.807, 2.05) is 23.2 Å². The van der Waals surface area contributed by atoms with E-state index in [0.29, 0.717) is 11.8 Å². The molecule has 2 amide bonds. The second-order valence-electron chi connectivity index (χ2n) is 9.85. The molecule has 5 saturated carbocycles. The Morgan fingerprint density at radius 3 is 2.50 bits per heavy atom. The first-order valence-corrected chi connectivity index (χ1v) is 11.4. The van der Waals surface area contributed by atoms with E-state index in [1.54, 1.807) is 0 Å². The summed E-state index contributed by atoms with van der Waals surface area (Å²) in [5, 5.41) is 10.2. The first kappa shape index (κ1) is 16.0. The smallest absolute Gasteiger partial charge is 0.306 e. The second-order valence-corrected chi connectivity index (χ2v) is 9.85. The van der Waals surface area contributed by atoms with E-state index in [-0.39, 0.29) is 24.4 Å². The molecule has 4 nitrogen and oxygen atoms in total. The van der Waals surface area contributed by atoms with Crippen molar-refractivity contribution >= 4 is 17.4 Å². The number of amides is 2. The number of nitrogens with zero attached hydrogens (tertiary/aromatic N) is 2. The maximum atomic E-state index is 13.4. The Morgan fingerprint density at radius 1 is 1.00 bits per heavy atom. The summed E-state index contributed by atoms with van der Waals surface area (Å²) in [7, 11) is 0. The normalized spacial score (nSPS) is 42.4. The largest absolute Gasteiger partial charge is 0.342 e. The van der Waals surface area contributed by atoms with Gasteiger partial charge in [-0.25, -0.2) is 9.80 Å². The average molecular weight is 379 g/mol. The van der Waals surface area contributed by atoms with Crippen molar-refractivity contribution < 1.29 is 6.17 Å². The lowest BCUT2D eigenvalue weighted by atomic mass is 9.54. The molecule has 5 fully saturated rings. The van der Waals surface area contributed by atoms with Crippen LogP contribution in [-0.2, 0) is 0 Å². The summed E-state index contributed by atoms with van der Waals surface area (Å²) in [6.45, 7) is 0. The number of anilines is 1. The van der Waals surface area contributed by atoms with Gasteiger partial charge in [0.2, 0.25) is 0 Å². The Morgan fingerprint density at radius 2 is 1.75 bits per heavy atom. The standard InChI is InChI=1S/C24H31N3O/c28-24-25-21-9-5-4-8-20(21)22(17-6-2-1-3-7-17)26-27(24)23-18-11-15-10-16(13-18)14-19(23)12-15/h4-5,8-9,15-19,23H,1-3,6-7,10-14H2,(H,25,28)/i6D. The van der Waals surface area contributed by atoms with Gasteiger partial charge in [0.1, 0.15) is 0 Å². The molecular weight excluding hydrogens is 346 g/mol. The van der Waals surface area contributed by atoms with Crippen LogP contribution in [0.15, 0.2) is 29.4 Å². The Kier molecular flexibility index (Phi) is 3.78. The number of benzene rings is 1. The van der Waals surface area contributed by atoms with Gasteiger partial charge in [0.15, 0.2) is 0 Å². The summed E-state index contributed by atoms with van der Waals surface area (Å²) in [5.74, 6) is 3.07. The molecule has 1 aliphatic heterocycles. The van der Waals surface area contributed by atoms with Crippen molar-refractivity contribution in [3.8, 4) is 0 Å². The number of hydrazone groups is 1. The van der Waals surface area contributed by atoms with Gasteiger partial charge in [-0.05, 0) is 74.7 Å². The molecule has 1 aromatic rings. The van der Waals surface area contributed by atoms with Gasteiger partial charge < -0.3 is 5.32 Å². The van der Waals surface area contributed by atoms with Crippen molar-refractivity contribution in [2.75, 3.05) is 5.32 Å². The molecule has 148 valence electrons. The predicted octanol–water partition coefficient (Wildman–Crippen LogP) is 5.64. The number of para-hydroxylation sites is 1. The summed E-state index contributed by atoms with van der Waals surface area (Å²) >= 11 is 0. The maximum Gasteiger partial charge on any atom is 0.342 e. The minimum Gasteiger partial charge on any atom is -0.306 e. The maximum absolute atomic E-state index is 13.4. The first-order valence-electron chi connectivity index (χ1n) is 12.0. The van der Waals surface area contributed by atoms with Crippen molar-refractivity contribution in [3.05, 3.63) is 29.8 Å². The minimum atomic E-state index is -0.121. The highest BCUT2D eigenvalue weighted by molar-refractivity contribution is 6.10. The Balaban J connectivity index is 1.42. The fourth-order valence-electron chi connectivity index (χ4n) is 7.17. The monoisotopic (exact) mass is 378 g/mol. The summed E-state index contributed by atoms with van der Waals surface area (Å²) < 4.78 is 8.69. The van der Waals surface area contributed by atoms with Gasteiger partial charge in [0, 0.05) is 12.9 Å². The van der Waals surface area contributed by atoms with Crippen LogP contribution in [-0.4, -0.2) is 22.8 Å². The molecule has 5 aliphatic carbocycles. The first-order chi connectivity index (χ1) is 14.2. The van der Waals surface area contributed by atoms with Crippen molar-refractivity contribution in [2.45, 2.75) is 70.2 Å². The van der Waals surface area contributed by atoms with E-state index in [4.69, 9.17) is 6.47 Å². The molecule has 1 heterocycles. The van der Waals surface area contributed by atoms with Crippen molar-refractivity contribution in [2.24, 2.45) is 34.7 Å². The number of hydrogen-bond acceptors (Lipinski definition) is 2. The van der Waals surface area contributed by atoms with Crippen LogP contribution in [0.4, 0.5) is 10.5 Å². The third kappa shape index (κ3) is 2.71. The van der Waals surface area contributed by atoms with Crippen LogP contribution < -0.4 is 5.32 Å². The fraction of sp³-hybridized carbons (Fsp3) is 0.667. The molecule has 0 spiro atoms. The van der Waals surface area contributed by atoms with Crippen molar-refractivity contribution in [3.63, 3.8) is 0 Å². The van der Waals surface area contributed by atoms with Gasteiger partial charge in [0.05, 0.1) is 17.4 Å². The van der Waals surface area contributed by atoms with Gasteiger partial charge >= 0.3 is 6.03 Å². The molecule has 7 rings (SSSR count).